The number of carbonyl (C=O) groups excluding carboxylic acids is 1. The van der Waals surface area contributed by atoms with Gasteiger partial charge < -0.3 is 10.2 Å². The smallest absolute Gasteiger partial charge is 0.228 e. The zero-order chi connectivity index (χ0) is 14.1. The second-order valence-electron chi connectivity index (χ2n) is 4.34. The van der Waals surface area contributed by atoms with Crippen LogP contribution in [0.15, 0.2) is 47.0 Å². The Morgan fingerprint density at radius 3 is 2.90 bits per heavy atom. The molecule has 0 fully saturated rings. The lowest BCUT2D eigenvalue weighted by Gasteiger charge is -2.00. The number of hydrogen-bond donors (Lipinski definition) is 1. The Labute approximate surface area is 120 Å². The highest BCUT2D eigenvalue weighted by molar-refractivity contribution is 6.35. The fourth-order valence-electron chi connectivity index (χ4n) is 2.01. The highest BCUT2D eigenvalue weighted by Crippen LogP contribution is 2.27. The van der Waals surface area contributed by atoms with Crippen LogP contribution in [0.1, 0.15) is 21.8 Å². The fraction of sp³-hybridized carbons (Fsp3) is 0.0667. The van der Waals surface area contributed by atoms with E-state index in [2.05, 4.69) is 4.98 Å². The molecule has 0 aliphatic heterocycles. The number of pyridine rings is 1. The van der Waals surface area contributed by atoms with E-state index in [0.29, 0.717) is 21.9 Å². The summed E-state index contributed by atoms with van der Waals surface area (Å²) in [5.41, 5.74) is 7.20. The van der Waals surface area contributed by atoms with Gasteiger partial charge in [0, 0.05) is 23.7 Å². The Bertz CT molecular complexity index is 795. The highest BCUT2D eigenvalue weighted by atomic mass is 35.5. The van der Waals surface area contributed by atoms with E-state index in [-0.39, 0.29) is 18.1 Å². The molecule has 0 bridgehead atoms. The van der Waals surface area contributed by atoms with Gasteiger partial charge in [0.1, 0.15) is 0 Å². The topological polar surface area (TPSA) is 69.1 Å². The van der Waals surface area contributed by atoms with Crippen molar-refractivity contribution in [1.29, 1.82) is 0 Å². The molecule has 0 unspecified atom stereocenters. The molecule has 2 aromatic heterocycles. The molecule has 0 atom stereocenters. The average Bonchev–Trinajstić information content (AvgIpc) is 2.92. The van der Waals surface area contributed by atoms with Crippen LogP contribution in [-0.4, -0.2) is 10.8 Å². The van der Waals surface area contributed by atoms with Crippen LogP contribution in [0.25, 0.3) is 11.0 Å². The molecule has 1 aromatic carbocycles. The molecule has 100 valence electrons. The lowest BCUT2D eigenvalue weighted by Crippen LogP contribution is -2.04. The van der Waals surface area contributed by atoms with E-state index in [4.69, 9.17) is 21.8 Å². The lowest BCUT2D eigenvalue weighted by molar-refractivity contribution is 0.101. The molecule has 0 amide bonds. The molecule has 0 spiro atoms. The molecule has 3 aromatic rings. The Morgan fingerprint density at radius 2 is 2.15 bits per heavy atom. The molecule has 5 heteroatoms. The first-order valence-electron chi connectivity index (χ1n) is 6.07. The molecule has 2 heterocycles. The molecule has 20 heavy (non-hydrogen) atoms. The molecule has 0 saturated heterocycles. The van der Waals surface area contributed by atoms with Gasteiger partial charge in [-0.3, -0.25) is 9.78 Å². The van der Waals surface area contributed by atoms with Gasteiger partial charge in [-0.2, -0.15) is 0 Å². The first-order valence-corrected chi connectivity index (χ1v) is 6.44. The largest absolute Gasteiger partial charge is 0.451 e. The predicted molar refractivity (Wildman–Crippen MR) is 76.8 cm³/mol. The summed E-state index contributed by atoms with van der Waals surface area (Å²) in [5.74, 6) is 0.0386. The normalized spacial score (nSPS) is 10.9. The van der Waals surface area contributed by atoms with Crippen LogP contribution in [0.4, 0.5) is 0 Å². The van der Waals surface area contributed by atoms with Crippen molar-refractivity contribution in [3.8, 4) is 0 Å². The maximum atomic E-state index is 12.4. The maximum Gasteiger partial charge on any atom is 0.228 e. The molecule has 0 radical (unpaired) electrons. The summed E-state index contributed by atoms with van der Waals surface area (Å²) < 4.78 is 5.56. The summed E-state index contributed by atoms with van der Waals surface area (Å²) in [7, 11) is 0. The van der Waals surface area contributed by atoms with Gasteiger partial charge in [0.15, 0.2) is 11.3 Å². The van der Waals surface area contributed by atoms with Crippen LogP contribution in [0.5, 0.6) is 0 Å². The van der Waals surface area contributed by atoms with Gasteiger partial charge in [0.2, 0.25) is 5.78 Å². The number of furan rings is 1. The Balaban J connectivity index is 2.05. The Kier molecular flexibility index (Phi) is 3.26. The third kappa shape index (κ3) is 2.19. The average molecular weight is 287 g/mol. The quantitative estimate of drug-likeness (QED) is 0.751. The van der Waals surface area contributed by atoms with Crippen LogP contribution in [0.2, 0.25) is 5.02 Å². The SMILES string of the molecule is NCc1cc(C(=O)c2cc3cccc(Cl)c3o2)ccn1. The van der Waals surface area contributed by atoms with Crippen LogP contribution >= 0.6 is 11.6 Å². The number of ketones is 1. The number of carbonyl (C=O) groups is 1. The van der Waals surface area contributed by atoms with E-state index in [1.165, 1.54) is 0 Å². The van der Waals surface area contributed by atoms with Gasteiger partial charge in [0.05, 0.1) is 10.7 Å². The van der Waals surface area contributed by atoms with Gasteiger partial charge >= 0.3 is 0 Å². The van der Waals surface area contributed by atoms with E-state index < -0.39 is 0 Å². The number of fused-ring (bicyclic) bond motifs is 1. The number of nitrogens with two attached hydrogens (primary N) is 1. The molecule has 4 nitrogen and oxygen atoms in total. The van der Waals surface area contributed by atoms with Crippen molar-refractivity contribution >= 4 is 28.4 Å². The van der Waals surface area contributed by atoms with Crippen molar-refractivity contribution in [2.24, 2.45) is 5.73 Å². The summed E-state index contributed by atoms with van der Waals surface area (Å²) in [6.07, 6.45) is 1.56. The van der Waals surface area contributed by atoms with Crippen LogP contribution in [0, 0.1) is 0 Å². The minimum Gasteiger partial charge on any atom is -0.451 e. The monoisotopic (exact) mass is 286 g/mol. The molecule has 0 aliphatic carbocycles. The third-order valence-corrected chi connectivity index (χ3v) is 3.31. The summed E-state index contributed by atoms with van der Waals surface area (Å²) in [5, 5.41) is 1.29. The van der Waals surface area contributed by atoms with Crippen LogP contribution in [0.3, 0.4) is 0 Å². The number of para-hydroxylation sites is 1. The van der Waals surface area contributed by atoms with Crippen molar-refractivity contribution < 1.29 is 9.21 Å². The Hall–Kier alpha value is -2.17. The summed E-state index contributed by atoms with van der Waals surface area (Å²) in [6.45, 7) is 0.285. The number of aromatic nitrogens is 1. The van der Waals surface area contributed by atoms with E-state index in [1.807, 2.05) is 12.1 Å². The number of benzene rings is 1. The molecule has 3 rings (SSSR count). The Morgan fingerprint density at radius 1 is 1.30 bits per heavy atom. The van der Waals surface area contributed by atoms with Gasteiger partial charge in [-0.25, -0.2) is 0 Å². The van der Waals surface area contributed by atoms with E-state index in [0.717, 1.165) is 5.39 Å². The second-order valence-corrected chi connectivity index (χ2v) is 4.75. The molecule has 0 saturated carbocycles. The van der Waals surface area contributed by atoms with E-state index >= 15 is 0 Å². The minimum absolute atomic E-state index is 0.214. The van der Waals surface area contributed by atoms with Gasteiger partial charge in [-0.15, -0.1) is 0 Å². The fourth-order valence-corrected chi connectivity index (χ4v) is 2.23. The van der Waals surface area contributed by atoms with Crippen LogP contribution in [-0.2, 0) is 6.54 Å². The molecular weight excluding hydrogens is 276 g/mol. The second kappa shape index (κ2) is 5.07. The van der Waals surface area contributed by atoms with Gasteiger partial charge in [-0.05, 0) is 24.3 Å². The first-order chi connectivity index (χ1) is 9.69. The van der Waals surface area contributed by atoms with Crippen molar-refractivity contribution in [2.75, 3.05) is 0 Å². The molecular formula is C15H11ClN2O2. The van der Waals surface area contributed by atoms with Gasteiger partial charge in [0.25, 0.3) is 0 Å². The standard InChI is InChI=1S/C15H11ClN2O2/c16-12-3-1-2-10-7-13(20-15(10)12)14(19)9-4-5-18-11(6-9)8-17/h1-7H,8,17H2. The predicted octanol–water partition coefficient (Wildman–Crippen LogP) is 3.17. The zero-order valence-electron chi connectivity index (χ0n) is 10.5. The summed E-state index contributed by atoms with van der Waals surface area (Å²) in [6, 6.07) is 10.4. The van der Waals surface area contributed by atoms with Crippen molar-refractivity contribution in [2.45, 2.75) is 6.54 Å². The van der Waals surface area contributed by atoms with Crippen molar-refractivity contribution in [3.63, 3.8) is 0 Å². The summed E-state index contributed by atoms with van der Waals surface area (Å²) >= 11 is 6.04. The van der Waals surface area contributed by atoms with Crippen molar-refractivity contribution in [1.82, 2.24) is 4.98 Å². The first kappa shape index (κ1) is 12.8. The maximum absolute atomic E-state index is 12.4. The minimum atomic E-state index is -0.214. The number of nitrogens with zero attached hydrogens (tertiary/aromatic N) is 1. The number of rotatable bonds is 3. The lowest BCUT2D eigenvalue weighted by atomic mass is 10.1. The molecule has 0 aliphatic rings. The highest BCUT2D eigenvalue weighted by Gasteiger charge is 2.16. The number of halogens is 1. The molecule has 2 N–H and O–H groups in total. The van der Waals surface area contributed by atoms with Crippen molar-refractivity contribution in [3.05, 3.63) is 64.6 Å². The zero-order valence-corrected chi connectivity index (χ0v) is 11.2. The van der Waals surface area contributed by atoms with Gasteiger partial charge in [-0.1, -0.05) is 23.7 Å². The summed E-state index contributed by atoms with van der Waals surface area (Å²) in [4.78, 5) is 16.5. The number of hydrogen-bond acceptors (Lipinski definition) is 4. The van der Waals surface area contributed by atoms with Crippen LogP contribution < -0.4 is 5.73 Å². The van der Waals surface area contributed by atoms with E-state index in [1.54, 1.807) is 30.5 Å². The third-order valence-electron chi connectivity index (χ3n) is 3.01. The van der Waals surface area contributed by atoms with E-state index in [9.17, 15) is 4.79 Å².